The Bertz CT molecular complexity index is 1190. The number of fused-ring (bicyclic) bond motifs is 1. The number of ether oxygens (including phenoxy) is 1. The van der Waals surface area contributed by atoms with Gasteiger partial charge in [0.1, 0.15) is 5.75 Å². The van der Waals surface area contributed by atoms with E-state index in [0.29, 0.717) is 28.0 Å². The molecule has 31 heavy (non-hydrogen) atoms. The highest BCUT2D eigenvalue weighted by molar-refractivity contribution is 7.92. The lowest BCUT2D eigenvalue weighted by atomic mass is 9.93. The molecule has 1 aliphatic rings. The minimum absolute atomic E-state index is 0.122. The first-order valence-corrected chi connectivity index (χ1v) is 12.2. The first-order valence-electron chi connectivity index (χ1n) is 9.91. The Balaban J connectivity index is 1.42. The number of thiazole rings is 1. The van der Waals surface area contributed by atoms with Crippen molar-refractivity contribution in [3.8, 4) is 5.75 Å². The van der Waals surface area contributed by atoms with E-state index in [2.05, 4.69) is 21.9 Å². The van der Waals surface area contributed by atoms with Crippen molar-refractivity contribution in [1.82, 2.24) is 4.98 Å². The van der Waals surface area contributed by atoms with Gasteiger partial charge in [-0.05, 0) is 73.7 Å². The fraction of sp³-hybridized carbons (Fsp3) is 0.273. The third-order valence-corrected chi connectivity index (χ3v) is 7.61. The van der Waals surface area contributed by atoms with E-state index in [4.69, 9.17) is 4.74 Å². The van der Waals surface area contributed by atoms with Gasteiger partial charge in [-0.3, -0.25) is 14.8 Å². The van der Waals surface area contributed by atoms with Crippen LogP contribution in [0, 0.1) is 5.92 Å². The fourth-order valence-corrected chi connectivity index (χ4v) is 5.65. The molecule has 0 bridgehead atoms. The van der Waals surface area contributed by atoms with Crippen molar-refractivity contribution in [2.75, 3.05) is 17.1 Å². The van der Waals surface area contributed by atoms with Crippen LogP contribution in [0.4, 0.5) is 10.8 Å². The molecule has 0 saturated carbocycles. The van der Waals surface area contributed by atoms with Gasteiger partial charge in [0, 0.05) is 16.1 Å². The van der Waals surface area contributed by atoms with Gasteiger partial charge in [0.15, 0.2) is 5.13 Å². The monoisotopic (exact) mass is 457 g/mol. The summed E-state index contributed by atoms with van der Waals surface area (Å²) in [6, 6.07) is 12.4. The summed E-state index contributed by atoms with van der Waals surface area (Å²) in [5, 5.41) is 3.46. The molecule has 0 aliphatic heterocycles. The van der Waals surface area contributed by atoms with Crippen molar-refractivity contribution in [1.29, 1.82) is 0 Å². The predicted octanol–water partition coefficient (Wildman–Crippen LogP) is 4.33. The van der Waals surface area contributed by atoms with E-state index in [1.54, 1.807) is 36.4 Å². The fourth-order valence-electron chi connectivity index (χ4n) is 3.42. The second-order valence-electron chi connectivity index (χ2n) is 7.55. The van der Waals surface area contributed by atoms with Gasteiger partial charge in [0.05, 0.1) is 17.7 Å². The quantitative estimate of drug-likeness (QED) is 0.574. The molecule has 1 heterocycles. The van der Waals surface area contributed by atoms with Crippen LogP contribution in [0.15, 0.2) is 53.4 Å². The molecule has 9 heteroatoms. The Morgan fingerprint density at radius 2 is 1.84 bits per heavy atom. The van der Waals surface area contributed by atoms with Crippen LogP contribution in [-0.2, 0) is 22.9 Å². The zero-order chi connectivity index (χ0) is 22.0. The van der Waals surface area contributed by atoms with Crippen molar-refractivity contribution in [3.63, 3.8) is 0 Å². The Labute approximate surface area is 185 Å². The average Bonchev–Trinajstić information content (AvgIpc) is 3.15. The number of nitrogens with zero attached hydrogens (tertiary/aromatic N) is 1. The first-order chi connectivity index (χ1) is 14.8. The Morgan fingerprint density at radius 3 is 2.52 bits per heavy atom. The van der Waals surface area contributed by atoms with Crippen LogP contribution in [-0.4, -0.2) is 26.4 Å². The topological polar surface area (TPSA) is 97.4 Å². The van der Waals surface area contributed by atoms with E-state index in [0.717, 1.165) is 25.0 Å². The highest BCUT2D eigenvalue weighted by atomic mass is 32.2. The SMILES string of the molecule is COc1ccc(S(=O)(=O)Nc2ccc(C(=O)Nc3nc4c(s3)CC(C)CC4)cc2)cc1. The summed E-state index contributed by atoms with van der Waals surface area (Å²) in [4.78, 5) is 18.5. The second kappa shape index (κ2) is 8.68. The standard InChI is InChI=1S/C22H23N3O4S2/c1-14-3-12-19-20(13-14)30-22(23-19)24-21(26)15-4-6-16(7-5-15)25-31(27,28)18-10-8-17(29-2)9-11-18/h4-11,14,25H,3,12-13H2,1-2H3,(H,23,24,26). The number of aryl methyl sites for hydroxylation is 1. The normalized spacial score (nSPS) is 15.7. The van der Waals surface area contributed by atoms with Gasteiger partial charge >= 0.3 is 0 Å². The Hall–Kier alpha value is -2.91. The van der Waals surface area contributed by atoms with Crippen LogP contribution in [0.5, 0.6) is 5.75 Å². The van der Waals surface area contributed by atoms with Gasteiger partial charge in [0.25, 0.3) is 15.9 Å². The maximum atomic E-state index is 12.6. The molecule has 1 aromatic heterocycles. The molecular formula is C22H23N3O4S2. The molecule has 7 nitrogen and oxygen atoms in total. The lowest BCUT2D eigenvalue weighted by Crippen LogP contribution is -2.14. The van der Waals surface area contributed by atoms with Crippen molar-refractivity contribution in [3.05, 3.63) is 64.7 Å². The first kappa shape index (κ1) is 21.3. The predicted molar refractivity (Wildman–Crippen MR) is 122 cm³/mol. The number of aromatic nitrogens is 1. The summed E-state index contributed by atoms with van der Waals surface area (Å²) in [6.45, 7) is 2.23. The highest BCUT2D eigenvalue weighted by Gasteiger charge is 2.21. The van der Waals surface area contributed by atoms with Crippen LogP contribution in [0.25, 0.3) is 0 Å². The summed E-state index contributed by atoms with van der Waals surface area (Å²) >= 11 is 1.53. The molecule has 0 spiro atoms. The van der Waals surface area contributed by atoms with Gasteiger partial charge in [0.2, 0.25) is 0 Å². The second-order valence-corrected chi connectivity index (χ2v) is 10.3. The van der Waals surface area contributed by atoms with Crippen molar-refractivity contribution < 1.29 is 17.9 Å². The van der Waals surface area contributed by atoms with Gasteiger partial charge in [-0.1, -0.05) is 6.92 Å². The molecule has 1 unspecified atom stereocenters. The number of amides is 1. The lowest BCUT2D eigenvalue weighted by molar-refractivity contribution is 0.102. The minimum Gasteiger partial charge on any atom is -0.497 e. The molecule has 0 fully saturated rings. The number of hydrogen-bond acceptors (Lipinski definition) is 6. The zero-order valence-corrected chi connectivity index (χ0v) is 18.8. The van der Waals surface area contributed by atoms with E-state index in [1.807, 2.05) is 0 Å². The Morgan fingerprint density at radius 1 is 1.13 bits per heavy atom. The maximum Gasteiger partial charge on any atom is 0.261 e. The summed E-state index contributed by atoms with van der Waals surface area (Å²) in [5.41, 5.74) is 1.88. The summed E-state index contributed by atoms with van der Waals surface area (Å²) in [6.07, 6.45) is 3.08. The van der Waals surface area contributed by atoms with E-state index >= 15 is 0 Å². The van der Waals surface area contributed by atoms with E-state index in [9.17, 15) is 13.2 Å². The highest BCUT2D eigenvalue weighted by Crippen LogP contribution is 2.32. The largest absolute Gasteiger partial charge is 0.497 e. The van der Waals surface area contributed by atoms with E-state index in [-0.39, 0.29) is 10.8 Å². The molecule has 1 atom stereocenters. The average molecular weight is 458 g/mol. The summed E-state index contributed by atoms with van der Waals surface area (Å²) in [5.74, 6) is 0.944. The van der Waals surface area contributed by atoms with Gasteiger partial charge in [-0.25, -0.2) is 13.4 Å². The maximum absolute atomic E-state index is 12.6. The van der Waals surface area contributed by atoms with Crippen LogP contribution >= 0.6 is 11.3 Å². The van der Waals surface area contributed by atoms with Crippen molar-refractivity contribution in [2.45, 2.75) is 31.1 Å². The summed E-state index contributed by atoms with van der Waals surface area (Å²) < 4.78 is 32.6. The van der Waals surface area contributed by atoms with Gasteiger partial charge in [-0.2, -0.15) is 0 Å². The number of nitrogens with one attached hydrogen (secondary N) is 2. The number of benzene rings is 2. The molecule has 3 aromatic rings. The minimum atomic E-state index is -3.74. The molecular weight excluding hydrogens is 434 g/mol. The van der Waals surface area contributed by atoms with Crippen molar-refractivity contribution >= 4 is 38.1 Å². The lowest BCUT2D eigenvalue weighted by Gasteiger charge is -2.15. The molecule has 1 aliphatic carbocycles. The van der Waals surface area contributed by atoms with Gasteiger partial charge in [-0.15, -0.1) is 11.3 Å². The number of hydrogen-bond donors (Lipinski definition) is 2. The number of rotatable bonds is 6. The molecule has 0 saturated heterocycles. The van der Waals surface area contributed by atoms with Crippen LogP contribution < -0.4 is 14.8 Å². The molecule has 162 valence electrons. The molecule has 0 radical (unpaired) electrons. The van der Waals surface area contributed by atoms with Crippen LogP contribution in [0.3, 0.4) is 0 Å². The number of carbonyl (C=O) groups excluding carboxylic acids is 1. The molecule has 2 N–H and O–H groups in total. The number of anilines is 2. The van der Waals surface area contributed by atoms with E-state index in [1.165, 1.54) is 35.5 Å². The summed E-state index contributed by atoms with van der Waals surface area (Å²) in [7, 11) is -2.22. The third kappa shape index (κ3) is 4.88. The smallest absolute Gasteiger partial charge is 0.261 e. The number of methoxy groups -OCH3 is 1. The molecule has 2 aromatic carbocycles. The van der Waals surface area contributed by atoms with Crippen molar-refractivity contribution in [2.24, 2.45) is 5.92 Å². The van der Waals surface area contributed by atoms with Crippen LogP contribution in [0.1, 0.15) is 34.3 Å². The number of sulfonamides is 1. The Kier molecular flexibility index (Phi) is 5.97. The molecule has 1 amide bonds. The van der Waals surface area contributed by atoms with Crippen LogP contribution in [0.2, 0.25) is 0 Å². The van der Waals surface area contributed by atoms with Gasteiger partial charge < -0.3 is 4.74 Å². The number of carbonyl (C=O) groups is 1. The van der Waals surface area contributed by atoms with E-state index < -0.39 is 10.0 Å². The molecule has 4 rings (SSSR count). The zero-order valence-electron chi connectivity index (χ0n) is 17.2. The third-order valence-electron chi connectivity index (χ3n) is 5.18.